The van der Waals surface area contributed by atoms with Crippen LogP contribution in [0.25, 0.3) is 22.1 Å². The highest BCUT2D eigenvalue weighted by molar-refractivity contribution is 7.15. The molecule has 0 bridgehead atoms. The average molecular weight is 359 g/mol. The Balaban J connectivity index is 1.99. The van der Waals surface area contributed by atoms with Crippen LogP contribution < -0.4 is 14.8 Å². The molecule has 4 aromatic rings. The largest absolute Gasteiger partial charge is 0.504 e. The van der Waals surface area contributed by atoms with Gasteiger partial charge < -0.3 is 9.84 Å². The molecule has 0 aliphatic rings. The van der Waals surface area contributed by atoms with Crippen LogP contribution in [-0.2, 0) is 0 Å². The molecule has 0 radical (unpaired) electrons. The molecule has 120 valence electrons. The first-order chi connectivity index (χ1) is 11.6. The third-order valence-electron chi connectivity index (χ3n) is 3.73. The number of imidazole rings is 1. The van der Waals surface area contributed by atoms with Crippen LogP contribution in [0.4, 0.5) is 0 Å². The first-order valence-electron chi connectivity index (χ1n) is 7.06. The van der Waals surface area contributed by atoms with Gasteiger partial charge in [0.15, 0.2) is 16.5 Å². The molecular weight excluding hydrogens is 348 g/mol. The smallest absolute Gasteiger partial charge is 0.274 e. The third-order valence-corrected chi connectivity index (χ3v) is 5.03. The number of halogens is 1. The summed E-state index contributed by atoms with van der Waals surface area (Å²) in [5.41, 5.74) is 2.02. The number of aromatic nitrogens is 2. The summed E-state index contributed by atoms with van der Waals surface area (Å²) in [6.45, 7) is 0. The molecular formula is C17H11ClN2O3S. The first kappa shape index (κ1) is 15.0. The van der Waals surface area contributed by atoms with Gasteiger partial charge in [0.2, 0.25) is 0 Å². The minimum Gasteiger partial charge on any atom is -0.504 e. The van der Waals surface area contributed by atoms with Crippen LogP contribution in [0.15, 0.2) is 41.2 Å². The molecule has 4 rings (SSSR count). The molecule has 0 atom stereocenters. The van der Waals surface area contributed by atoms with Crippen molar-refractivity contribution < 1.29 is 9.84 Å². The number of rotatable bonds is 2. The van der Waals surface area contributed by atoms with Gasteiger partial charge in [0.05, 0.1) is 27.7 Å². The van der Waals surface area contributed by atoms with Gasteiger partial charge in [0, 0.05) is 6.07 Å². The second kappa shape index (κ2) is 5.51. The Bertz CT molecular complexity index is 1200. The molecule has 5 nitrogen and oxygen atoms in total. The number of hydrogen-bond acceptors (Lipinski definition) is 5. The Kier molecular flexibility index (Phi) is 3.44. The maximum atomic E-state index is 12.7. The van der Waals surface area contributed by atoms with Gasteiger partial charge in [-0.25, -0.2) is 9.38 Å². The van der Waals surface area contributed by atoms with E-state index in [4.69, 9.17) is 16.3 Å². The molecule has 1 N–H and O–H groups in total. The fourth-order valence-electron chi connectivity index (χ4n) is 2.59. The summed E-state index contributed by atoms with van der Waals surface area (Å²) in [6, 6.07) is 10.5. The van der Waals surface area contributed by atoms with E-state index in [1.54, 1.807) is 16.5 Å². The SMILES string of the molecule is COc1cc(C=c2sc3nc4ccccc4n3c2=O)c(Cl)cc1O. The predicted octanol–water partition coefficient (Wildman–Crippen LogP) is 2.82. The monoisotopic (exact) mass is 358 g/mol. The van der Waals surface area contributed by atoms with Crippen molar-refractivity contribution in [3.8, 4) is 11.5 Å². The molecule has 0 saturated carbocycles. The Morgan fingerprint density at radius 2 is 2.12 bits per heavy atom. The van der Waals surface area contributed by atoms with Crippen LogP contribution in [0, 0.1) is 0 Å². The summed E-state index contributed by atoms with van der Waals surface area (Å²) in [7, 11) is 1.46. The van der Waals surface area contributed by atoms with Crippen molar-refractivity contribution in [3.05, 3.63) is 61.9 Å². The van der Waals surface area contributed by atoms with Crippen LogP contribution in [0.1, 0.15) is 5.56 Å². The zero-order valence-electron chi connectivity index (χ0n) is 12.5. The number of methoxy groups -OCH3 is 1. The van der Waals surface area contributed by atoms with E-state index in [2.05, 4.69) is 4.98 Å². The molecule has 0 saturated heterocycles. The fraction of sp³-hybridized carbons (Fsp3) is 0.0588. The van der Waals surface area contributed by atoms with Gasteiger partial charge in [0.1, 0.15) is 0 Å². The van der Waals surface area contributed by atoms with Gasteiger partial charge in [-0.1, -0.05) is 35.1 Å². The number of benzene rings is 2. The highest BCUT2D eigenvalue weighted by atomic mass is 35.5. The Morgan fingerprint density at radius 3 is 2.92 bits per heavy atom. The molecule has 0 amide bonds. The van der Waals surface area contributed by atoms with Crippen molar-refractivity contribution in [2.75, 3.05) is 7.11 Å². The van der Waals surface area contributed by atoms with Gasteiger partial charge in [-0.15, -0.1) is 0 Å². The number of phenols is 1. The summed E-state index contributed by atoms with van der Waals surface area (Å²) < 4.78 is 7.20. The lowest BCUT2D eigenvalue weighted by Crippen LogP contribution is -2.22. The third kappa shape index (κ3) is 2.23. The second-order valence-electron chi connectivity index (χ2n) is 5.18. The average Bonchev–Trinajstić information content (AvgIpc) is 3.07. The summed E-state index contributed by atoms with van der Waals surface area (Å²) in [6.07, 6.45) is 1.68. The number of thiazole rings is 1. The Hall–Kier alpha value is -2.57. The van der Waals surface area contributed by atoms with Crippen LogP contribution in [0.5, 0.6) is 11.5 Å². The molecule has 2 aromatic heterocycles. The lowest BCUT2D eigenvalue weighted by Gasteiger charge is -2.05. The number of para-hydroxylation sites is 2. The number of phenolic OH excluding ortho intramolecular Hbond substituents is 1. The highest BCUT2D eigenvalue weighted by Crippen LogP contribution is 2.32. The number of fused-ring (bicyclic) bond motifs is 3. The maximum absolute atomic E-state index is 12.7. The van der Waals surface area contributed by atoms with E-state index in [9.17, 15) is 9.90 Å². The first-order valence-corrected chi connectivity index (χ1v) is 8.26. The zero-order valence-corrected chi connectivity index (χ0v) is 14.1. The van der Waals surface area contributed by atoms with E-state index in [1.165, 1.54) is 24.5 Å². The quantitative estimate of drug-likeness (QED) is 0.598. The standard InChI is InChI=1S/C17H11ClN2O3S/c1-23-14-6-9(10(18)8-13(14)21)7-15-16(22)20-12-5-3-2-4-11(12)19-17(20)24-15/h2-8,21H,1H3. The molecule has 7 heteroatoms. The lowest BCUT2D eigenvalue weighted by molar-refractivity contribution is 0.373. The lowest BCUT2D eigenvalue weighted by atomic mass is 10.2. The van der Waals surface area contributed by atoms with E-state index >= 15 is 0 Å². The van der Waals surface area contributed by atoms with Crippen molar-refractivity contribution in [2.45, 2.75) is 0 Å². The molecule has 0 aliphatic carbocycles. The zero-order chi connectivity index (χ0) is 16.8. The van der Waals surface area contributed by atoms with Crippen molar-refractivity contribution in [1.82, 2.24) is 9.38 Å². The molecule has 0 aliphatic heterocycles. The molecule has 2 heterocycles. The van der Waals surface area contributed by atoms with Crippen molar-refractivity contribution in [3.63, 3.8) is 0 Å². The highest BCUT2D eigenvalue weighted by Gasteiger charge is 2.12. The van der Waals surface area contributed by atoms with Gasteiger partial charge >= 0.3 is 0 Å². The van der Waals surface area contributed by atoms with Gasteiger partial charge in [0.25, 0.3) is 5.56 Å². The normalized spacial score (nSPS) is 12.3. The van der Waals surface area contributed by atoms with Crippen molar-refractivity contribution in [1.29, 1.82) is 0 Å². The maximum Gasteiger partial charge on any atom is 0.274 e. The minimum absolute atomic E-state index is 0.0472. The van der Waals surface area contributed by atoms with Gasteiger partial charge in [-0.3, -0.25) is 4.79 Å². The molecule has 0 fully saturated rings. The van der Waals surface area contributed by atoms with Gasteiger partial charge in [-0.2, -0.15) is 0 Å². The van der Waals surface area contributed by atoms with Crippen LogP contribution >= 0.6 is 22.9 Å². The Morgan fingerprint density at radius 1 is 1.33 bits per heavy atom. The number of nitrogens with zero attached hydrogens (tertiary/aromatic N) is 2. The number of aromatic hydroxyl groups is 1. The number of ether oxygens (including phenoxy) is 1. The van der Waals surface area contributed by atoms with Crippen LogP contribution in [0.2, 0.25) is 5.02 Å². The Labute approximate surface area is 145 Å². The van der Waals surface area contributed by atoms with Crippen LogP contribution in [-0.4, -0.2) is 21.6 Å². The van der Waals surface area contributed by atoms with E-state index < -0.39 is 0 Å². The molecule has 2 aromatic carbocycles. The fourth-order valence-corrected chi connectivity index (χ4v) is 3.78. The van der Waals surface area contributed by atoms with Crippen molar-refractivity contribution >= 4 is 45.0 Å². The second-order valence-corrected chi connectivity index (χ2v) is 6.60. The van der Waals surface area contributed by atoms with E-state index in [0.29, 0.717) is 25.8 Å². The van der Waals surface area contributed by atoms with Crippen molar-refractivity contribution in [2.24, 2.45) is 0 Å². The summed E-state index contributed by atoms with van der Waals surface area (Å²) in [5, 5.41) is 10.1. The van der Waals surface area contributed by atoms with Gasteiger partial charge in [-0.05, 0) is 29.8 Å². The summed E-state index contributed by atoms with van der Waals surface area (Å²) in [5.74, 6) is 0.249. The molecule has 24 heavy (non-hydrogen) atoms. The molecule has 0 unspecified atom stereocenters. The number of hydrogen-bond donors (Lipinski definition) is 1. The molecule has 0 spiro atoms. The topological polar surface area (TPSA) is 63.8 Å². The van der Waals surface area contributed by atoms with Crippen LogP contribution in [0.3, 0.4) is 0 Å². The van der Waals surface area contributed by atoms with E-state index in [0.717, 1.165) is 11.0 Å². The summed E-state index contributed by atoms with van der Waals surface area (Å²) in [4.78, 5) is 17.8. The predicted molar refractivity (Wildman–Crippen MR) is 95.3 cm³/mol. The van der Waals surface area contributed by atoms with E-state index in [1.807, 2.05) is 24.3 Å². The summed E-state index contributed by atoms with van der Waals surface area (Å²) >= 11 is 7.45. The minimum atomic E-state index is -0.146. The van der Waals surface area contributed by atoms with E-state index in [-0.39, 0.29) is 11.3 Å².